The first-order valence-electron chi connectivity index (χ1n) is 7.27. The van der Waals surface area contributed by atoms with Crippen LogP contribution in [0.3, 0.4) is 0 Å². The maximum atomic E-state index is 11.9. The van der Waals surface area contributed by atoms with Crippen LogP contribution in [0.25, 0.3) is 0 Å². The highest BCUT2D eigenvalue weighted by atomic mass is 16.5. The van der Waals surface area contributed by atoms with Crippen LogP contribution in [-0.2, 0) is 14.3 Å². The highest BCUT2D eigenvalue weighted by Crippen LogP contribution is 2.20. The molecule has 0 radical (unpaired) electrons. The number of rotatable bonds is 8. The second-order valence-corrected chi connectivity index (χ2v) is 5.72. The maximum absolute atomic E-state index is 11.9. The normalized spacial score (nSPS) is 22.4. The Labute approximate surface area is 120 Å². The summed E-state index contributed by atoms with van der Waals surface area (Å²) in [5, 5.41) is 12.1. The molecule has 1 saturated heterocycles. The first-order chi connectivity index (χ1) is 9.45. The van der Waals surface area contributed by atoms with Gasteiger partial charge in [0.2, 0.25) is 5.91 Å². The van der Waals surface area contributed by atoms with Crippen molar-refractivity contribution in [2.75, 3.05) is 32.8 Å². The van der Waals surface area contributed by atoms with Gasteiger partial charge in [-0.05, 0) is 18.9 Å². The number of carboxylic acids is 1. The SMILES string of the molecule is CCCN(CC(=O)NCC(C)C)C1COCC1C(=O)O. The molecule has 0 saturated carbocycles. The summed E-state index contributed by atoms with van der Waals surface area (Å²) in [6.45, 7) is 8.28. The standard InChI is InChI=1S/C14H26N2O4/c1-4-5-16(7-13(17)15-6-10(2)3)12-9-20-8-11(12)14(18)19/h10-12H,4-9H2,1-3H3,(H,15,17)(H,18,19). The molecule has 1 amide bonds. The Balaban J connectivity index is 2.59. The van der Waals surface area contributed by atoms with Crippen LogP contribution >= 0.6 is 0 Å². The number of amides is 1. The fraction of sp³-hybridized carbons (Fsp3) is 0.857. The van der Waals surface area contributed by atoms with Gasteiger partial charge in [-0.3, -0.25) is 14.5 Å². The van der Waals surface area contributed by atoms with Gasteiger partial charge in [0.25, 0.3) is 0 Å². The van der Waals surface area contributed by atoms with Gasteiger partial charge in [0, 0.05) is 12.6 Å². The molecule has 1 aliphatic rings. The Hall–Kier alpha value is -1.14. The summed E-state index contributed by atoms with van der Waals surface area (Å²) in [7, 11) is 0. The van der Waals surface area contributed by atoms with E-state index in [-0.39, 0.29) is 25.1 Å². The van der Waals surface area contributed by atoms with Crippen molar-refractivity contribution in [3.63, 3.8) is 0 Å². The first-order valence-corrected chi connectivity index (χ1v) is 7.27. The third-order valence-corrected chi connectivity index (χ3v) is 3.40. The summed E-state index contributed by atoms with van der Waals surface area (Å²) in [5.41, 5.74) is 0. The van der Waals surface area contributed by atoms with Gasteiger partial charge in [0.15, 0.2) is 0 Å². The van der Waals surface area contributed by atoms with Crippen molar-refractivity contribution >= 4 is 11.9 Å². The zero-order chi connectivity index (χ0) is 15.1. The van der Waals surface area contributed by atoms with Gasteiger partial charge in [-0.15, -0.1) is 0 Å². The summed E-state index contributed by atoms with van der Waals surface area (Å²) in [6, 6.07) is -0.211. The van der Waals surface area contributed by atoms with E-state index in [1.54, 1.807) is 0 Å². The van der Waals surface area contributed by atoms with E-state index < -0.39 is 11.9 Å². The van der Waals surface area contributed by atoms with Crippen LogP contribution in [0.5, 0.6) is 0 Å². The predicted molar refractivity (Wildman–Crippen MR) is 75.4 cm³/mol. The number of carbonyl (C=O) groups is 2. The van der Waals surface area contributed by atoms with Crippen molar-refractivity contribution < 1.29 is 19.4 Å². The highest BCUT2D eigenvalue weighted by Gasteiger charge is 2.38. The summed E-state index contributed by atoms with van der Waals surface area (Å²) >= 11 is 0. The number of carboxylic acid groups (broad SMARTS) is 1. The average molecular weight is 286 g/mol. The van der Waals surface area contributed by atoms with E-state index in [9.17, 15) is 14.7 Å². The van der Waals surface area contributed by atoms with Gasteiger partial charge in [-0.25, -0.2) is 0 Å². The molecule has 2 unspecified atom stereocenters. The Bertz CT molecular complexity index is 333. The Morgan fingerprint density at radius 1 is 1.40 bits per heavy atom. The van der Waals surface area contributed by atoms with Crippen molar-refractivity contribution in [2.24, 2.45) is 11.8 Å². The summed E-state index contributed by atoms with van der Waals surface area (Å²) in [4.78, 5) is 25.1. The molecule has 20 heavy (non-hydrogen) atoms. The van der Waals surface area contributed by atoms with Crippen LogP contribution in [-0.4, -0.2) is 60.8 Å². The molecule has 1 rings (SSSR count). The molecule has 1 fully saturated rings. The molecule has 6 heteroatoms. The quantitative estimate of drug-likeness (QED) is 0.682. The van der Waals surface area contributed by atoms with Gasteiger partial charge in [0.1, 0.15) is 0 Å². The number of nitrogens with one attached hydrogen (secondary N) is 1. The Morgan fingerprint density at radius 2 is 2.10 bits per heavy atom. The number of nitrogens with zero attached hydrogens (tertiary/aromatic N) is 1. The van der Waals surface area contributed by atoms with Gasteiger partial charge in [-0.2, -0.15) is 0 Å². The molecule has 0 aromatic carbocycles. The summed E-state index contributed by atoms with van der Waals surface area (Å²) < 4.78 is 5.28. The van der Waals surface area contributed by atoms with Crippen molar-refractivity contribution in [3.05, 3.63) is 0 Å². The molecule has 6 nitrogen and oxygen atoms in total. The van der Waals surface area contributed by atoms with E-state index in [1.165, 1.54) is 0 Å². The Morgan fingerprint density at radius 3 is 2.65 bits per heavy atom. The molecule has 0 aliphatic carbocycles. The zero-order valence-corrected chi connectivity index (χ0v) is 12.6. The topological polar surface area (TPSA) is 78.9 Å². The second kappa shape index (κ2) is 8.21. The lowest BCUT2D eigenvalue weighted by Crippen LogP contribution is -2.48. The minimum absolute atomic E-state index is 0.0526. The molecule has 2 N–H and O–H groups in total. The van der Waals surface area contributed by atoms with E-state index in [1.807, 2.05) is 25.7 Å². The molecular formula is C14H26N2O4. The second-order valence-electron chi connectivity index (χ2n) is 5.72. The van der Waals surface area contributed by atoms with Crippen LogP contribution in [0.4, 0.5) is 0 Å². The molecular weight excluding hydrogens is 260 g/mol. The maximum Gasteiger partial charge on any atom is 0.310 e. The average Bonchev–Trinajstić information content (AvgIpc) is 2.85. The summed E-state index contributed by atoms with van der Waals surface area (Å²) in [5.74, 6) is -1.04. The van der Waals surface area contributed by atoms with Crippen molar-refractivity contribution in [2.45, 2.75) is 33.2 Å². The van der Waals surface area contributed by atoms with E-state index in [2.05, 4.69) is 5.32 Å². The fourth-order valence-electron chi connectivity index (χ4n) is 2.35. The molecule has 116 valence electrons. The van der Waals surface area contributed by atoms with Gasteiger partial charge in [-0.1, -0.05) is 20.8 Å². The van der Waals surface area contributed by atoms with Crippen LogP contribution < -0.4 is 5.32 Å². The first kappa shape index (κ1) is 16.9. The molecule has 0 aromatic heterocycles. The van der Waals surface area contributed by atoms with Gasteiger partial charge >= 0.3 is 5.97 Å². The molecule has 1 aliphatic heterocycles. The third-order valence-electron chi connectivity index (χ3n) is 3.40. The molecule has 0 aromatic rings. The Kier molecular flexibility index (Phi) is 6.95. The molecule has 0 spiro atoms. The monoisotopic (exact) mass is 286 g/mol. The third kappa shape index (κ3) is 5.09. The largest absolute Gasteiger partial charge is 0.481 e. The van der Waals surface area contributed by atoms with Crippen LogP contribution in [0.2, 0.25) is 0 Å². The number of aliphatic carboxylic acids is 1. The number of ether oxygens (including phenoxy) is 1. The van der Waals surface area contributed by atoms with Crippen molar-refractivity contribution in [1.82, 2.24) is 10.2 Å². The molecule has 2 atom stereocenters. The molecule has 1 heterocycles. The minimum Gasteiger partial charge on any atom is -0.481 e. The van der Waals surface area contributed by atoms with E-state index in [4.69, 9.17) is 4.74 Å². The van der Waals surface area contributed by atoms with Crippen molar-refractivity contribution in [3.8, 4) is 0 Å². The van der Waals surface area contributed by atoms with E-state index in [0.29, 0.717) is 25.6 Å². The summed E-state index contributed by atoms with van der Waals surface area (Å²) in [6.07, 6.45) is 0.875. The highest BCUT2D eigenvalue weighted by molar-refractivity contribution is 5.78. The predicted octanol–water partition coefficient (Wildman–Crippen LogP) is 0.570. The van der Waals surface area contributed by atoms with E-state index >= 15 is 0 Å². The zero-order valence-electron chi connectivity index (χ0n) is 12.6. The van der Waals surface area contributed by atoms with E-state index in [0.717, 1.165) is 6.42 Å². The lowest BCUT2D eigenvalue weighted by atomic mass is 10.0. The minimum atomic E-state index is -0.851. The molecule has 0 bridgehead atoms. The number of hydrogen-bond acceptors (Lipinski definition) is 4. The van der Waals surface area contributed by atoms with Crippen LogP contribution in [0, 0.1) is 11.8 Å². The van der Waals surface area contributed by atoms with Crippen molar-refractivity contribution in [1.29, 1.82) is 0 Å². The number of carbonyl (C=O) groups excluding carboxylic acids is 1. The van der Waals surface area contributed by atoms with Gasteiger partial charge in [0.05, 0.1) is 25.7 Å². The fourth-order valence-corrected chi connectivity index (χ4v) is 2.35. The van der Waals surface area contributed by atoms with Crippen LogP contribution in [0.1, 0.15) is 27.2 Å². The van der Waals surface area contributed by atoms with Crippen LogP contribution in [0.15, 0.2) is 0 Å². The van der Waals surface area contributed by atoms with Gasteiger partial charge < -0.3 is 15.2 Å². The lowest BCUT2D eigenvalue weighted by molar-refractivity contribution is -0.143. The smallest absolute Gasteiger partial charge is 0.310 e. The lowest BCUT2D eigenvalue weighted by Gasteiger charge is -2.29. The number of hydrogen-bond donors (Lipinski definition) is 2.